The smallest absolute Gasteiger partial charge is 0.229 e. The highest BCUT2D eigenvalue weighted by Gasteiger charge is 2.24. The summed E-state index contributed by atoms with van der Waals surface area (Å²) in [6, 6.07) is 19.0. The second-order valence-electron chi connectivity index (χ2n) is 4.49. The normalized spacial score (nSPS) is 16.1. The molecule has 0 radical (unpaired) electrons. The van der Waals surface area contributed by atoms with Crippen molar-refractivity contribution in [3.63, 3.8) is 0 Å². The molecule has 0 bridgehead atoms. The maximum absolute atomic E-state index is 12.4. The lowest BCUT2D eigenvalue weighted by atomic mass is 10.2. The van der Waals surface area contributed by atoms with E-state index in [2.05, 4.69) is 0 Å². The molecular weight excluding hydrogens is 255 g/mol. The summed E-state index contributed by atoms with van der Waals surface area (Å²) in [4.78, 5) is 10.2. The molecule has 0 amide bonds. The molecule has 98 valence electrons. The second-order valence-corrected chi connectivity index (χ2v) is 6.90. The Morgan fingerprint density at radius 1 is 1.00 bits per heavy atom. The molecule has 2 aromatic carbocycles. The van der Waals surface area contributed by atoms with Crippen LogP contribution in [-0.2, 0) is 4.57 Å². The molecule has 0 heterocycles. The van der Waals surface area contributed by atoms with Gasteiger partial charge in [0.05, 0.1) is 5.66 Å². The van der Waals surface area contributed by atoms with Gasteiger partial charge >= 0.3 is 0 Å². The quantitative estimate of drug-likeness (QED) is 0.820. The van der Waals surface area contributed by atoms with Crippen molar-refractivity contribution in [1.82, 2.24) is 0 Å². The molecule has 2 unspecified atom stereocenters. The highest BCUT2D eigenvalue weighted by atomic mass is 31.2. The number of hydrogen-bond donors (Lipinski definition) is 1. The minimum absolute atomic E-state index is 0.395. The van der Waals surface area contributed by atoms with Crippen molar-refractivity contribution in [3.05, 3.63) is 77.6 Å². The van der Waals surface area contributed by atoms with Gasteiger partial charge in [-0.2, -0.15) is 0 Å². The van der Waals surface area contributed by atoms with E-state index in [0.717, 1.165) is 11.1 Å². The summed E-state index contributed by atoms with van der Waals surface area (Å²) in [6.45, 7) is 1.78. The Bertz CT molecular complexity index is 591. The Morgan fingerprint density at radius 3 is 2.11 bits per heavy atom. The summed E-state index contributed by atoms with van der Waals surface area (Å²) >= 11 is 0. The van der Waals surface area contributed by atoms with E-state index in [1.54, 1.807) is 13.0 Å². The molecule has 0 spiro atoms. The highest BCUT2D eigenvalue weighted by Crippen LogP contribution is 2.56. The molecule has 1 N–H and O–H groups in total. The third-order valence-corrected chi connectivity index (χ3v) is 5.10. The summed E-state index contributed by atoms with van der Waals surface area (Å²) in [7, 11) is -3.35. The van der Waals surface area contributed by atoms with E-state index in [1.165, 1.54) is 5.82 Å². The summed E-state index contributed by atoms with van der Waals surface area (Å²) in [5, 5.41) is 0. The Labute approximate surface area is 113 Å². The van der Waals surface area contributed by atoms with Gasteiger partial charge in [-0.15, -0.1) is 0 Å². The average molecular weight is 272 g/mol. The molecule has 0 fully saturated rings. The lowest BCUT2D eigenvalue weighted by molar-refractivity contribution is 0.478. The van der Waals surface area contributed by atoms with Crippen LogP contribution < -0.4 is 0 Å². The van der Waals surface area contributed by atoms with E-state index < -0.39 is 13.0 Å². The van der Waals surface area contributed by atoms with Gasteiger partial charge in [0.25, 0.3) is 0 Å². The van der Waals surface area contributed by atoms with Crippen molar-refractivity contribution in [3.8, 4) is 0 Å². The average Bonchev–Trinajstić information content (AvgIpc) is 2.46. The first-order valence-corrected chi connectivity index (χ1v) is 8.01. The molecule has 19 heavy (non-hydrogen) atoms. The van der Waals surface area contributed by atoms with Crippen LogP contribution in [0.3, 0.4) is 0 Å². The van der Waals surface area contributed by atoms with Crippen molar-refractivity contribution in [1.29, 1.82) is 0 Å². The van der Waals surface area contributed by atoms with Crippen LogP contribution in [0.2, 0.25) is 0 Å². The van der Waals surface area contributed by atoms with Gasteiger partial charge in [-0.1, -0.05) is 60.7 Å². The van der Waals surface area contributed by atoms with Crippen molar-refractivity contribution in [2.75, 3.05) is 0 Å². The van der Waals surface area contributed by atoms with E-state index in [4.69, 9.17) is 0 Å². The molecule has 2 aromatic rings. The van der Waals surface area contributed by atoms with Crippen LogP contribution in [0.25, 0.3) is 6.08 Å². The van der Waals surface area contributed by atoms with Crippen LogP contribution >= 0.6 is 7.37 Å². The molecule has 2 rings (SSSR count). The largest absolute Gasteiger partial charge is 0.341 e. The van der Waals surface area contributed by atoms with Crippen molar-refractivity contribution in [2.24, 2.45) is 0 Å². The third-order valence-electron chi connectivity index (χ3n) is 3.12. The molecule has 0 saturated heterocycles. The fourth-order valence-electron chi connectivity index (χ4n) is 1.83. The molecule has 0 saturated carbocycles. The zero-order chi connectivity index (χ0) is 13.7. The zero-order valence-electron chi connectivity index (χ0n) is 10.8. The predicted octanol–water partition coefficient (Wildman–Crippen LogP) is 4.69. The van der Waals surface area contributed by atoms with E-state index >= 15 is 0 Å². The van der Waals surface area contributed by atoms with Gasteiger partial charge in [-0.3, -0.25) is 4.57 Å². The second kappa shape index (κ2) is 6.01. The Morgan fingerprint density at radius 2 is 1.53 bits per heavy atom. The monoisotopic (exact) mass is 272 g/mol. The summed E-state index contributed by atoms with van der Waals surface area (Å²) in [5.74, 6) is 1.43. The van der Waals surface area contributed by atoms with Crippen LogP contribution in [0.15, 0.2) is 66.5 Å². The SMILES string of the molecule is CC(c1ccccc1)P(=O)(O)C=Cc1ccccc1. The van der Waals surface area contributed by atoms with Crippen LogP contribution in [0.5, 0.6) is 0 Å². The number of hydrogen-bond acceptors (Lipinski definition) is 1. The molecule has 3 heteroatoms. The first-order valence-electron chi connectivity index (χ1n) is 6.21. The maximum Gasteiger partial charge on any atom is 0.229 e. The van der Waals surface area contributed by atoms with Crippen LogP contribution in [0.1, 0.15) is 23.7 Å². The van der Waals surface area contributed by atoms with Gasteiger partial charge in [0.2, 0.25) is 7.37 Å². The van der Waals surface area contributed by atoms with Crippen LogP contribution in [0.4, 0.5) is 0 Å². The van der Waals surface area contributed by atoms with Crippen molar-refractivity contribution in [2.45, 2.75) is 12.6 Å². The van der Waals surface area contributed by atoms with Gasteiger partial charge in [0, 0.05) is 5.82 Å². The summed E-state index contributed by atoms with van der Waals surface area (Å²) in [5.41, 5.74) is 1.41. The topological polar surface area (TPSA) is 37.3 Å². The minimum Gasteiger partial charge on any atom is -0.341 e. The highest BCUT2D eigenvalue weighted by molar-refractivity contribution is 7.61. The van der Waals surface area contributed by atoms with Crippen LogP contribution in [0, 0.1) is 0 Å². The van der Waals surface area contributed by atoms with Crippen LogP contribution in [-0.4, -0.2) is 4.89 Å². The standard InChI is InChI=1S/C16H17O2P/c1-14(16-10-6-3-7-11-16)19(17,18)13-12-15-8-4-2-5-9-15/h2-14H,1H3,(H,17,18). The molecule has 2 nitrogen and oxygen atoms in total. The van der Waals surface area contributed by atoms with E-state index in [-0.39, 0.29) is 0 Å². The fraction of sp³-hybridized carbons (Fsp3) is 0.125. The molecule has 2 atom stereocenters. The summed E-state index contributed by atoms with van der Waals surface area (Å²) in [6.07, 6.45) is 1.71. The Balaban J connectivity index is 2.19. The van der Waals surface area contributed by atoms with Gasteiger partial charge in [-0.25, -0.2) is 0 Å². The van der Waals surface area contributed by atoms with E-state index in [0.29, 0.717) is 0 Å². The molecule has 0 aliphatic heterocycles. The van der Waals surface area contributed by atoms with Crippen molar-refractivity contribution < 1.29 is 9.46 Å². The first-order chi connectivity index (χ1) is 9.09. The fourth-order valence-corrected chi connectivity index (χ4v) is 3.07. The van der Waals surface area contributed by atoms with Crippen molar-refractivity contribution >= 4 is 13.4 Å². The number of rotatable bonds is 4. The van der Waals surface area contributed by atoms with E-state index in [9.17, 15) is 9.46 Å². The number of benzene rings is 2. The predicted molar refractivity (Wildman–Crippen MR) is 80.2 cm³/mol. The molecule has 0 aromatic heterocycles. The Kier molecular flexibility index (Phi) is 4.36. The van der Waals surface area contributed by atoms with E-state index in [1.807, 2.05) is 60.7 Å². The lowest BCUT2D eigenvalue weighted by Crippen LogP contribution is -1.93. The zero-order valence-corrected chi connectivity index (χ0v) is 11.7. The molecule has 0 aliphatic rings. The molecule has 0 aliphatic carbocycles. The summed E-state index contributed by atoms with van der Waals surface area (Å²) < 4.78 is 12.4. The molecular formula is C16H17O2P. The van der Waals surface area contributed by atoms with Gasteiger partial charge in [-0.05, 0) is 24.1 Å². The minimum atomic E-state index is -3.35. The Hall–Kier alpha value is -1.63. The lowest BCUT2D eigenvalue weighted by Gasteiger charge is -2.16. The van der Waals surface area contributed by atoms with Gasteiger partial charge in [0.1, 0.15) is 0 Å². The van der Waals surface area contributed by atoms with Gasteiger partial charge < -0.3 is 4.89 Å². The first kappa shape index (κ1) is 13.8. The van der Waals surface area contributed by atoms with Gasteiger partial charge in [0.15, 0.2) is 0 Å². The maximum atomic E-state index is 12.4. The third kappa shape index (κ3) is 3.66.